The molecule has 1 aliphatic carbocycles. The summed E-state index contributed by atoms with van der Waals surface area (Å²) in [7, 11) is 0. The Morgan fingerprint density at radius 3 is 1.96 bits per heavy atom. The predicted molar refractivity (Wildman–Crippen MR) is 275 cm³/mol. The van der Waals surface area contributed by atoms with Crippen LogP contribution in [0.2, 0.25) is 0 Å². The predicted octanol–water partition coefficient (Wildman–Crippen LogP) is 16.9. The van der Waals surface area contributed by atoms with Crippen molar-refractivity contribution >= 4 is 82.4 Å². The fourth-order valence-electron chi connectivity index (χ4n) is 11.9. The number of hydrogen-bond donors (Lipinski definition) is 0. The molecule has 67 heavy (non-hydrogen) atoms. The third-order valence-electron chi connectivity index (χ3n) is 14.6. The second-order valence-corrected chi connectivity index (χ2v) is 17.9. The van der Waals surface area contributed by atoms with E-state index in [4.69, 9.17) is 9.15 Å². The molecule has 4 heteroatoms. The normalized spacial score (nSPS) is 14.7. The highest BCUT2D eigenvalue weighted by Crippen LogP contribution is 2.62. The molecule has 312 valence electrons. The highest BCUT2D eigenvalue weighted by Gasteiger charge is 2.49. The molecule has 11 aromatic carbocycles. The van der Waals surface area contributed by atoms with Crippen LogP contribution in [0, 0.1) is 0 Å². The van der Waals surface area contributed by atoms with E-state index < -0.39 is 5.41 Å². The van der Waals surface area contributed by atoms with Crippen molar-refractivity contribution in [3.05, 3.63) is 253 Å². The van der Waals surface area contributed by atoms with Crippen molar-refractivity contribution in [2.24, 2.45) is 0 Å². The van der Waals surface area contributed by atoms with Gasteiger partial charge in [-0.2, -0.15) is 0 Å². The number of ether oxygens (including phenoxy) is 1. The maximum atomic E-state index is 6.99. The zero-order valence-corrected chi connectivity index (χ0v) is 36.2. The minimum atomic E-state index is -0.673. The Balaban J connectivity index is 0.998. The minimum Gasteiger partial charge on any atom is -0.457 e. The zero-order chi connectivity index (χ0) is 43.8. The minimum absolute atomic E-state index is 0.673. The van der Waals surface area contributed by atoms with Gasteiger partial charge in [-0.15, -0.1) is 0 Å². The van der Waals surface area contributed by atoms with Crippen molar-refractivity contribution in [3.63, 3.8) is 0 Å². The van der Waals surface area contributed by atoms with Gasteiger partial charge in [0.1, 0.15) is 22.7 Å². The van der Waals surface area contributed by atoms with Gasteiger partial charge in [0.15, 0.2) is 0 Å². The molecule has 0 radical (unpaired) electrons. The number of fused-ring (bicyclic) bond motifs is 15. The lowest BCUT2D eigenvalue weighted by molar-refractivity contribution is 0.435. The molecule has 15 rings (SSSR count). The van der Waals surface area contributed by atoms with Crippen molar-refractivity contribution in [1.82, 2.24) is 4.57 Å². The van der Waals surface area contributed by atoms with Crippen LogP contribution < -0.4 is 9.64 Å². The molecule has 4 nitrogen and oxygen atoms in total. The number of nitrogens with zero attached hydrogens (tertiary/aromatic N) is 2. The Morgan fingerprint density at radius 1 is 0.373 bits per heavy atom. The summed E-state index contributed by atoms with van der Waals surface area (Å²) in [5.74, 6) is 1.73. The zero-order valence-electron chi connectivity index (χ0n) is 36.2. The monoisotopic (exact) mass is 854 g/mol. The lowest BCUT2D eigenvalue weighted by Gasteiger charge is -2.45. The first kappa shape index (κ1) is 36.5. The second kappa shape index (κ2) is 13.6. The molecule has 3 heterocycles. The summed E-state index contributed by atoms with van der Waals surface area (Å²) in [6.07, 6.45) is 0. The van der Waals surface area contributed by atoms with Crippen molar-refractivity contribution in [2.45, 2.75) is 5.41 Å². The molecule has 0 N–H and O–H groups in total. The van der Waals surface area contributed by atoms with Gasteiger partial charge in [0.2, 0.25) is 0 Å². The highest BCUT2D eigenvalue weighted by atomic mass is 16.5. The van der Waals surface area contributed by atoms with Crippen molar-refractivity contribution in [1.29, 1.82) is 0 Å². The van der Waals surface area contributed by atoms with Crippen LogP contribution in [0.5, 0.6) is 11.5 Å². The Kier molecular flexibility index (Phi) is 7.40. The van der Waals surface area contributed by atoms with Crippen molar-refractivity contribution in [3.8, 4) is 28.3 Å². The van der Waals surface area contributed by atoms with Gasteiger partial charge in [-0.3, -0.25) is 0 Å². The number of aromatic nitrogens is 1. The summed E-state index contributed by atoms with van der Waals surface area (Å²) in [5.41, 5.74) is 14.9. The molecule has 13 aromatic rings. The summed E-state index contributed by atoms with van der Waals surface area (Å²) in [6, 6.07) is 83.9. The van der Waals surface area contributed by atoms with Crippen LogP contribution in [0.15, 0.2) is 235 Å². The fraction of sp³-hybridized carbons (Fsp3) is 0.0159. The Morgan fingerprint density at radius 2 is 1.01 bits per heavy atom. The van der Waals surface area contributed by atoms with Crippen LogP contribution >= 0.6 is 0 Å². The smallest absolute Gasteiger partial charge is 0.137 e. The molecular weight excluding hydrogens is 817 g/mol. The molecule has 1 unspecified atom stereocenters. The molecule has 0 saturated heterocycles. The molecule has 0 amide bonds. The summed E-state index contributed by atoms with van der Waals surface area (Å²) < 4.78 is 15.8. The average Bonchev–Trinajstić information content (AvgIpc) is 3.93. The molecule has 0 bridgehead atoms. The van der Waals surface area contributed by atoms with Gasteiger partial charge >= 0.3 is 0 Å². The van der Waals surface area contributed by atoms with E-state index in [1.807, 2.05) is 12.1 Å². The summed E-state index contributed by atoms with van der Waals surface area (Å²) >= 11 is 0. The molecule has 0 fully saturated rings. The van der Waals surface area contributed by atoms with Crippen molar-refractivity contribution < 1.29 is 9.15 Å². The van der Waals surface area contributed by atoms with Crippen LogP contribution in [0.4, 0.5) is 17.1 Å². The maximum absolute atomic E-state index is 6.99. The first-order valence-corrected chi connectivity index (χ1v) is 23.0. The molecule has 0 saturated carbocycles. The summed E-state index contributed by atoms with van der Waals surface area (Å²) in [4.78, 5) is 2.45. The molecule has 1 aliphatic heterocycles. The molecule has 2 aromatic heterocycles. The van der Waals surface area contributed by atoms with Gasteiger partial charge in [0.25, 0.3) is 0 Å². The third kappa shape index (κ3) is 4.96. The first-order valence-electron chi connectivity index (χ1n) is 23.0. The quantitative estimate of drug-likeness (QED) is 0.177. The van der Waals surface area contributed by atoms with Gasteiger partial charge in [-0.25, -0.2) is 0 Å². The van der Waals surface area contributed by atoms with Gasteiger partial charge in [-0.05, 0) is 111 Å². The summed E-state index contributed by atoms with van der Waals surface area (Å²) in [5, 5.41) is 9.45. The lowest BCUT2D eigenvalue weighted by Crippen LogP contribution is -2.36. The molecule has 1 spiro atoms. The first-order chi connectivity index (χ1) is 33.2. The molecule has 1 atom stereocenters. The van der Waals surface area contributed by atoms with Crippen molar-refractivity contribution in [2.75, 3.05) is 4.90 Å². The second-order valence-electron chi connectivity index (χ2n) is 17.9. The summed E-state index contributed by atoms with van der Waals surface area (Å²) in [6.45, 7) is 0. The van der Waals surface area contributed by atoms with Crippen LogP contribution in [0.3, 0.4) is 0 Å². The van der Waals surface area contributed by atoms with Crippen LogP contribution in [-0.4, -0.2) is 4.57 Å². The van der Waals surface area contributed by atoms with Gasteiger partial charge in [-0.1, -0.05) is 152 Å². The van der Waals surface area contributed by atoms with E-state index in [0.717, 1.165) is 78.3 Å². The standard InChI is InChI=1S/C63H38N2O2/c1-2-18-44-39(14-1)15-13-27-55(44)64(41-31-34-57-50(36-41)46-20-4-8-26-56(46)65(57)43-30-33-48-47-21-5-9-28-58(47)66-61(48)38-43)42-32-35-60-54(37-42)63(52-24-7-10-29-59(52)67-60)51-23-6-3-19-45(51)49-22-11-16-40-17-12-25-53(63)62(40)49/h1-38H. The lowest BCUT2D eigenvalue weighted by atomic mass is 9.58. The highest BCUT2D eigenvalue weighted by molar-refractivity contribution is 6.12. The van der Waals surface area contributed by atoms with Crippen LogP contribution in [-0.2, 0) is 5.41 Å². The van der Waals surface area contributed by atoms with E-state index in [1.54, 1.807) is 0 Å². The largest absolute Gasteiger partial charge is 0.457 e. The third-order valence-corrected chi connectivity index (χ3v) is 14.6. The number of furan rings is 1. The van der Waals surface area contributed by atoms with Gasteiger partial charge in [0.05, 0.1) is 22.1 Å². The number of benzene rings is 11. The van der Waals surface area contributed by atoms with E-state index in [-0.39, 0.29) is 0 Å². The molecular formula is C63H38N2O2. The number of rotatable bonds is 4. The number of anilines is 3. The van der Waals surface area contributed by atoms with E-state index in [0.29, 0.717) is 0 Å². The number of hydrogen-bond acceptors (Lipinski definition) is 3. The Bertz CT molecular complexity index is 4220. The maximum Gasteiger partial charge on any atom is 0.137 e. The van der Waals surface area contributed by atoms with Crippen LogP contribution in [0.1, 0.15) is 22.3 Å². The number of para-hydroxylation sites is 3. The van der Waals surface area contributed by atoms with E-state index in [9.17, 15) is 0 Å². The average molecular weight is 855 g/mol. The van der Waals surface area contributed by atoms with E-state index in [2.05, 4.69) is 228 Å². The van der Waals surface area contributed by atoms with E-state index >= 15 is 0 Å². The Hall–Kier alpha value is -8.86. The Labute approximate surface area is 385 Å². The van der Waals surface area contributed by atoms with Gasteiger partial charge < -0.3 is 18.6 Å². The molecule has 2 aliphatic rings. The fourth-order valence-corrected chi connectivity index (χ4v) is 11.9. The SMILES string of the molecule is c1ccc2c(c1)Oc1ccc(N(c3ccc4c(c3)c3ccccc3n4-c3ccc4c(c3)oc3ccccc34)c3cccc4ccccc34)cc1C21c2ccccc2-c2cccc3cccc1c23. The van der Waals surface area contributed by atoms with Crippen LogP contribution in [0.25, 0.3) is 82.1 Å². The van der Waals surface area contributed by atoms with E-state index in [1.165, 1.54) is 54.6 Å². The van der Waals surface area contributed by atoms with Gasteiger partial charge in [0, 0.05) is 61.2 Å². The topological polar surface area (TPSA) is 30.5 Å².